The maximum absolute atomic E-state index is 12.4. The van der Waals surface area contributed by atoms with Gasteiger partial charge in [-0.15, -0.1) is 0 Å². The Hall–Kier alpha value is -3.19. The van der Waals surface area contributed by atoms with E-state index in [1.807, 2.05) is 30.3 Å². The first-order chi connectivity index (χ1) is 13.1. The molecule has 2 heterocycles. The summed E-state index contributed by atoms with van der Waals surface area (Å²) in [5.41, 5.74) is 1.81. The molecule has 4 rings (SSSR count). The molecule has 3 aromatic rings. The molecule has 1 aliphatic rings. The van der Waals surface area contributed by atoms with Crippen LogP contribution in [0, 0.1) is 0 Å². The predicted octanol–water partition coefficient (Wildman–Crippen LogP) is 3.48. The highest BCUT2D eigenvalue weighted by Gasteiger charge is 2.18. The number of nitrogens with zero attached hydrogens (tertiary/aromatic N) is 2. The van der Waals surface area contributed by atoms with Crippen molar-refractivity contribution >= 4 is 33.2 Å². The van der Waals surface area contributed by atoms with Crippen molar-refractivity contribution < 1.29 is 17.9 Å². The molecule has 27 heavy (non-hydrogen) atoms. The second kappa shape index (κ2) is 7.20. The number of hydrogen-bond donors (Lipinski definition) is 0. The molecule has 0 amide bonds. The van der Waals surface area contributed by atoms with Gasteiger partial charge in [0.1, 0.15) is 13.2 Å². The molecule has 0 saturated heterocycles. The Bertz CT molecular complexity index is 1150. The molecular weight excluding hydrogens is 364 g/mol. The van der Waals surface area contributed by atoms with Crippen LogP contribution in [0.3, 0.4) is 0 Å². The summed E-state index contributed by atoms with van der Waals surface area (Å²) in [6.07, 6.45) is 6.39. The van der Waals surface area contributed by atoms with E-state index in [0.717, 1.165) is 16.5 Å². The van der Waals surface area contributed by atoms with Gasteiger partial charge in [0.25, 0.3) is 10.0 Å². The van der Waals surface area contributed by atoms with Gasteiger partial charge in [0, 0.05) is 23.9 Å². The van der Waals surface area contributed by atoms with Gasteiger partial charge in [0.2, 0.25) is 0 Å². The Balaban J connectivity index is 1.56. The number of ether oxygens (including phenoxy) is 2. The average Bonchev–Trinajstić information content (AvgIpc) is 2.71. The van der Waals surface area contributed by atoms with Crippen molar-refractivity contribution in [3.8, 4) is 11.5 Å². The van der Waals surface area contributed by atoms with Gasteiger partial charge >= 0.3 is 0 Å². The zero-order valence-electron chi connectivity index (χ0n) is 14.3. The molecule has 0 bridgehead atoms. The molecule has 1 aliphatic heterocycles. The van der Waals surface area contributed by atoms with Crippen LogP contribution in [0.25, 0.3) is 17.0 Å². The van der Waals surface area contributed by atoms with E-state index in [9.17, 15) is 8.42 Å². The van der Waals surface area contributed by atoms with Crippen molar-refractivity contribution in [1.29, 1.82) is 0 Å². The molecule has 0 spiro atoms. The Labute approximate surface area is 156 Å². The van der Waals surface area contributed by atoms with Gasteiger partial charge in [-0.25, -0.2) is 0 Å². The zero-order valence-corrected chi connectivity index (χ0v) is 15.1. The van der Waals surface area contributed by atoms with Crippen LogP contribution < -0.4 is 9.47 Å². The minimum absolute atomic E-state index is 0.0609. The first-order valence-corrected chi connectivity index (χ1v) is 9.78. The fourth-order valence-corrected chi connectivity index (χ4v) is 3.63. The first-order valence-electron chi connectivity index (χ1n) is 8.34. The summed E-state index contributed by atoms with van der Waals surface area (Å²) >= 11 is 0. The number of benzene rings is 2. The minimum atomic E-state index is -3.82. The van der Waals surface area contributed by atoms with Gasteiger partial charge in [-0.3, -0.25) is 4.98 Å². The molecule has 0 aliphatic carbocycles. The number of allylic oxidation sites excluding steroid dienone is 1. The standard InChI is InChI=1S/C20H16N2O4S/c23-27(24,16-8-9-19-20(14-16)26-13-12-25-19)22-11-2-5-15-4-1-7-18-17(15)6-3-10-21-18/h1-11,14H,12-13H2. The summed E-state index contributed by atoms with van der Waals surface area (Å²) in [4.78, 5) is 4.36. The summed E-state index contributed by atoms with van der Waals surface area (Å²) in [5, 5.41) is 0.986. The van der Waals surface area contributed by atoms with Crippen LogP contribution in [0.5, 0.6) is 11.5 Å². The molecular formula is C20H16N2O4S. The smallest absolute Gasteiger partial charge is 0.282 e. The molecule has 0 fully saturated rings. The number of sulfonamides is 1. The van der Waals surface area contributed by atoms with Gasteiger partial charge in [-0.05, 0) is 35.9 Å². The number of pyridine rings is 1. The third-order valence-corrected chi connectivity index (χ3v) is 5.30. The van der Waals surface area contributed by atoms with Gasteiger partial charge in [0.05, 0.1) is 10.4 Å². The molecule has 0 radical (unpaired) electrons. The van der Waals surface area contributed by atoms with Gasteiger partial charge in [-0.2, -0.15) is 12.8 Å². The maximum Gasteiger partial charge on any atom is 0.282 e. The van der Waals surface area contributed by atoms with Crippen LogP contribution >= 0.6 is 0 Å². The second-order valence-electron chi connectivity index (χ2n) is 5.81. The Kier molecular flexibility index (Phi) is 4.60. The molecule has 6 nitrogen and oxygen atoms in total. The molecule has 0 saturated carbocycles. The van der Waals surface area contributed by atoms with E-state index >= 15 is 0 Å². The van der Waals surface area contributed by atoms with Gasteiger partial charge in [-0.1, -0.05) is 24.3 Å². The van der Waals surface area contributed by atoms with Crippen LogP contribution in [0.2, 0.25) is 0 Å². The normalized spacial score (nSPS) is 14.2. The molecule has 136 valence electrons. The monoisotopic (exact) mass is 380 g/mol. The van der Waals surface area contributed by atoms with Crippen LogP contribution in [0.1, 0.15) is 5.56 Å². The Morgan fingerprint density at radius 3 is 2.74 bits per heavy atom. The largest absolute Gasteiger partial charge is 0.486 e. The fraction of sp³-hybridized carbons (Fsp3) is 0.100. The van der Waals surface area contributed by atoms with Crippen molar-refractivity contribution in [1.82, 2.24) is 4.98 Å². The summed E-state index contributed by atoms with van der Waals surface area (Å²) in [5.74, 6) is 0.949. The third kappa shape index (κ3) is 3.68. The second-order valence-corrected chi connectivity index (χ2v) is 7.44. The van der Waals surface area contributed by atoms with E-state index in [0.29, 0.717) is 24.7 Å². The SMILES string of the molecule is O=S(=O)(N=CC=Cc1cccc2ncccc12)c1ccc2c(c1)OCCO2. The molecule has 0 N–H and O–H groups in total. The molecule has 0 unspecified atom stereocenters. The van der Waals surface area contributed by atoms with Crippen LogP contribution in [0.15, 0.2) is 70.1 Å². The van der Waals surface area contributed by atoms with Gasteiger partial charge in [0.15, 0.2) is 11.5 Å². The molecule has 0 atom stereocenters. The summed E-state index contributed by atoms with van der Waals surface area (Å²) in [7, 11) is -3.82. The van der Waals surface area contributed by atoms with Crippen LogP contribution in [-0.2, 0) is 10.0 Å². The van der Waals surface area contributed by atoms with Crippen molar-refractivity contribution in [2.24, 2.45) is 4.40 Å². The van der Waals surface area contributed by atoms with E-state index in [1.165, 1.54) is 18.3 Å². The third-order valence-electron chi connectivity index (χ3n) is 4.05. The van der Waals surface area contributed by atoms with E-state index in [2.05, 4.69) is 9.38 Å². The van der Waals surface area contributed by atoms with Crippen molar-refractivity contribution in [2.45, 2.75) is 4.90 Å². The zero-order chi connectivity index (χ0) is 18.7. The highest BCUT2D eigenvalue weighted by atomic mass is 32.2. The van der Waals surface area contributed by atoms with Crippen molar-refractivity contribution in [3.63, 3.8) is 0 Å². The topological polar surface area (TPSA) is 77.9 Å². The first kappa shape index (κ1) is 17.2. The number of fused-ring (bicyclic) bond motifs is 2. The highest BCUT2D eigenvalue weighted by Crippen LogP contribution is 2.32. The van der Waals surface area contributed by atoms with Crippen molar-refractivity contribution in [3.05, 3.63) is 66.4 Å². The lowest BCUT2D eigenvalue weighted by atomic mass is 10.1. The average molecular weight is 380 g/mol. The van der Waals surface area contributed by atoms with E-state index < -0.39 is 10.0 Å². The minimum Gasteiger partial charge on any atom is -0.486 e. The molecule has 2 aromatic carbocycles. The Morgan fingerprint density at radius 2 is 1.85 bits per heavy atom. The van der Waals surface area contributed by atoms with Crippen LogP contribution in [-0.4, -0.2) is 32.8 Å². The number of rotatable bonds is 4. The lowest BCUT2D eigenvalue weighted by molar-refractivity contribution is 0.171. The lowest BCUT2D eigenvalue weighted by Gasteiger charge is -2.18. The Morgan fingerprint density at radius 1 is 1.00 bits per heavy atom. The van der Waals surface area contributed by atoms with E-state index in [4.69, 9.17) is 9.47 Å². The predicted molar refractivity (Wildman–Crippen MR) is 104 cm³/mol. The maximum atomic E-state index is 12.4. The highest BCUT2D eigenvalue weighted by molar-refractivity contribution is 7.90. The lowest BCUT2D eigenvalue weighted by Crippen LogP contribution is -2.15. The number of aromatic nitrogens is 1. The van der Waals surface area contributed by atoms with E-state index in [-0.39, 0.29) is 4.90 Å². The molecule has 1 aromatic heterocycles. The van der Waals surface area contributed by atoms with Gasteiger partial charge < -0.3 is 9.47 Å². The summed E-state index contributed by atoms with van der Waals surface area (Å²) in [6.45, 7) is 0.841. The van der Waals surface area contributed by atoms with Crippen molar-refractivity contribution in [2.75, 3.05) is 13.2 Å². The quantitative estimate of drug-likeness (QED) is 0.648. The van der Waals surface area contributed by atoms with Crippen LogP contribution in [0.4, 0.5) is 0 Å². The molecule has 7 heteroatoms. The fourth-order valence-electron chi connectivity index (χ4n) is 2.78. The number of hydrogen-bond acceptors (Lipinski definition) is 5. The van der Waals surface area contributed by atoms with E-state index in [1.54, 1.807) is 24.4 Å². The summed E-state index contributed by atoms with van der Waals surface area (Å²) in [6, 6.07) is 14.1. The summed E-state index contributed by atoms with van der Waals surface area (Å²) < 4.78 is 39.3.